The molecule has 0 unspecified atom stereocenters. The van der Waals surface area contributed by atoms with Crippen molar-refractivity contribution < 1.29 is 27.4 Å². The molecule has 160 valence electrons. The number of benzene rings is 1. The van der Waals surface area contributed by atoms with Gasteiger partial charge in [-0.3, -0.25) is 5.32 Å². The number of carbonyl (C=O) groups is 1. The minimum Gasteiger partial charge on any atom is -0.424 e. The molecular formula is C21H27F3N2O3. The highest BCUT2D eigenvalue weighted by Gasteiger charge is 2.66. The Labute approximate surface area is 168 Å². The average Bonchev–Trinajstić information content (AvgIpc) is 3.09. The standard InChI is InChI=1S/C21H27F3N2O3/c22-20(23,24)21(28-17-13-7-8-14-18(17)29-21)25-19(27)26(15-9-3-1-4-10-15)16-11-5-2-6-12-16/h7-8,13-16H,1-6,9-12H2,(H,25,27). The number of fused-ring (bicyclic) bond motifs is 1. The molecule has 1 heterocycles. The summed E-state index contributed by atoms with van der Waals surface area (Å²) < 4.78 is 52.3. The summed E-state index contributed by atoms with van der Waals surface area (Å²) in [7, 11) is 0. The van der Waals surface area contributed by atoms with Crippen molar-refractivity contribution in [1.29, 1.82) is 0 Å². The first-order valence-electron chi connectivity index (χ1n) is 10.5. The summed E-state index contributed by atoms with van der Waals surface area (Å²) in [5, 5.41) is 2.09. The van der Waals surface area contributed by atoms with Gasteiger partial charge in [-0.15, -0.1) is 0 Å². The van der Waals surface area contributed by atoms with E-state index in [4.69, 9.17) is 9.47 Å². The molecule has 1 aliphatic heterocycles. The van der Waals surface area contributed by atoms with Crippen LogP contribution in [0.15, 0.2) is 24.3 Å². The summed E-state index contributed by atoms with van der Waals surface area (Å²) >= 11 is 0. The van der Waals surface area contributed by atoms with E-state index >= 15 is 0 Å². The summed E-state index contributed by atoms with van der Waals surface area (Å²) in [6.45, 7) is 0. The van der Waals surface area contributed by atoms with Crippen molar-refractivity contribution in [2.45, 2.75) is 88.4 Å². The van der Waals surface area contributed by atoms with Gasteiger partial charge in [-0.25, -0.2) is 4.79 Å². The van der Waals surface area contributed by atoms with Crippen LogP contribution in [0.1, 0.15) is 64.2 Å². The highest BCUT2D eigenvalue weighted by molar-refractivity contribution is 5.76. The second-order valence-corrected chi connectivity index (χ2v) is 8.19. The Balaban J connectivity index is 1.59. The lowest BCUT2D eigenvalue weighted by Gasteiger charge is -2.43. The van der Waals surface area contributed by atoms with E-state index in [2.05, 4.69) is 5.32 Å². The third-order valence-corrected chi connectivity index (χ3v) is 6.17. The Bertz CT molecular complexity index is 685. The van der Waals surface area contributed by atoms with Crippen LogP contribution in [0.5, 0.6) is 11.5 Å². The number of nitrogens with one attached hydrogen (secondary N) is 1. The zero-order valence-electron chi connectivity index (χ0n) is 16.3. The first kappa shape index (κ1) is 20.2. The van der Waals surface area contributed by atoms with Gasteiger partial charge in [-0.1, -0.05) is 50.7 Å². The molecule has 4 rings (SSSR count). The van der Waals surface area contributed by atoms with E-state index in [9.17, 15) is 18.0 Å². The van der Waals surface area contributed by atoms with Crippen LogP contribution in [-0.2, 0) is 0 Å². The molecule has 29 heavy (non-hydrogen) atoms. The third-order valence-electron chi connectivity index (χ3n) is 6.17. The number of carbonyl (C=O) groups excluding carboxylic acids is 1. The number of nitrogens with zero attached hydrogens (tertiary/aromatic N) is 1. The lowest BCUT2D eigenvalue weighted by atomic mass is 9.89. The topological polar surface area (TPSA) is 50.8 Å². The number of hydrogen-bond donors (Lipinski definition) is 1. The Morgan fingerprint density at radius 1 is 0.897 bits per heavy atom. The largest absolute Gasteiger partial charge is 0.492 e. The summed E-state index contributed by atoms with van der Waals surface area (Å²) in [6, 6.07) is 5.08. The second-order valence-electron chi connectivity index (χ2n) is 8.19. The average molecular weight is 412 g/mol. The zero-order chi connectivity index (χ0) is 20.5. The van der Waals surface area contributed by atoms with Crippen molar-refractivity contribution in [3.8, 4) is 11.5 Å². The van der Waals surface area contributed by atoms with Gasteiger partial charge in [-0.2, -0.15) is 13.2 Å². The number of amides is 2. The van der Waals surface area contributed by atoms with Gasteiger partial charge in [0.25, 0.3) is 0 Å². The molecule has 3 aliphatic rings. The van der Waals surface area contributed by atoms with Crippen molar-refractivity contribution in [3.63, 3.8) is 0 Å². The molecule has 0 spiro atoms. The monoisotopic (exact) mass is 412 g/mol. The summed E-state index contributed by atoms with van der Waals surface area (Å²) in [6.07, 6.45) is 4.52. The number of urea groups is 1. The SMILES string of the molecule is O=C(NC1(C(F)(F)F)Oc2ccccc2O1)N(C1CCCCC1)C1CCCCC1. The molecule has 2 amide bonds. The maximum atomic E-state index is 14.0. The highest BCUT2D eigenvalue weighted by atomic mass is 19.4. The summed E-state index contributed by atoms with van der Waals surface area (Å²) in [4.78, 5) is 14.9. The zero-order valence-corrected chi connectivity index (χ0v) is 16.3. The van der Waals surface area contributed by atoms with Gasteiger partial charge in [0, 0.05) is 12.1 Å². The molecule has 0 radical (unpaired) electrons. The molecule has 0 aromatic heterocycles. The van der Waals surface area contributed by atoms with E-state index in [1.54, 1.807) is 17.0 Å². The number of hydrogen-bond acceptors (Lipinski definition) is 3. The Morgan fingerprint density at radius 3 is 1.76 bits per heavy atom. The van der Waals surface area contributed by atoms with Crippen molar-refractivity contribution in [1.82, 2.24) is 10.2 Å². The quantitative estimate of drug-likeness (QED) is 0.728. The fourth-order valence-electron chi connectivity index (χ4n) is 4.74. The fraction of sp³-hybridized carbons (Fsp3) is 0.667. The van der Waals surface area contributed by atoms with E-state index in [1.165, 1.54) is 12.1 Å². The molecule has 8 heteroatoms. The molecule has 2 aliphatic carbocycles. The highest BCUT2D eigenvalue weighted by Crippen LogP contribution is 2.45. The lowest BCUT2D eigenvalue weighted by molar-refractivity contribution is -0.318. The molecular weight excluding hydrogens is 385 g/mol. The van der Waals surface area contributed by atoms with Gasteiger partial charge in [-0.05, 0) is 37.8 Å². The van der Waals surface area contributed by atoms with Gasteiger partial charge >= 0.3 is 18.1 Å². The van der Waals surface area contributed by atoms with Gasteiger partial charge in [0.05, 0.1) is 0 Å². The van der Waals surface area contributed by atoms with E-state index in [-0.39, 0.29) is 23.6 Å². The summed E-state index contributed by atoms with van der Waals surface area (Å²) in [5.41, 5.74) is 0. The van der Waals surface area contributed by atoms with E-state index in [0.29, 0.717) is 0 Å². The summed E-state index contributed by atoms with van der Waals surface area (Å²) in [5.74, 6) is -3.27. The van der Waals surface area contributed by atoms with Gasteiger partial charge in [0.2, 0.25) is 0 Å². The number of halogens is 3. The van der Waals surface area contributed by atoms with Crippen LogP contribution in [0.3, 0.4) is 0 Å². The van der Waals surface area contributed by atoms with Crippen LogP contribution in [0, 0.1) is 0 Å². The van der Waals surface area contributed by atoms with Crippen molar-refractivity contribution in [2.24, 2.45) is 0 Å². The van der Waals surface area contributed by atoms with Crippen LogP contribution in [0.4, 0.5) is 18.0 Å². The molecule has 0 saturated heterocycles. The normalized spacial score (nSPS) is 22.3. The molecule has 2 saturated carbocycles. The first-order chi connectivity index (χ1) is 13.9. The molecule has 1 N–H and O–H groups in total. The fourth-order valence-corrected chi connectivity index (χ4v) is 4.74. The third kappa shape index (κ3) is 3.98. The van der Waals surface area contributed by atoms with Crippen molar-refractivity contribution in [2.75, 3.05) is 0 Å². The molecule has 1 aromatic rings. The van der Waals surface area contributed by atoms with Crippen LogP contribution in [0.25, 0.3) is 0 Å². The Kier molecular flexibility index (Phi) is 5.53. The minimum atomic E-state index is -4.94. The number of ether oxygens (including phenoxy) is 2. The number of rotatable bonds is 3. The second kappa shape index (κ2) is 7.95. The van der Waals surface area contributed by atoms with Gasteiger partial charge in [0.1, 0.15) is 0 Å². The van der Waals surface area contributed by atoms with E-state index in [0.717, 1.165) is 64.2 Å². The molecule has 0 bridgehead atoms. The van der Waals surface area contributed by atoms with Crippen molar-refractivity contribution in [3.05, 3.63) is 24.3 Å². The number of para-hydroxylation sites is 2. The molecule has 2 fully saturated rings. The maximum absolute atomic E-state index is 14.0. The first-order valence-corrected chi connectivity index (χ1v) is 10.5. The van der Waals surface area contributed by atoms with Crippen LogP contribution in [-0.4, -0.2) is 35.1 Å². The number of alkyl halides is 3. The Morgan fingerprint density at radius 2 is 1.34 bits per heavy atom. The van der Waals surface area contributed by atoms with E-state index < -0.39 is 18.1 Å². The van der Waals surface area contributed by atoms with Crippen molar-refractivity contribution >= 4 is 6.03 Å². The van der Waals surface area contributed by atoms with Crippen LogP contribution in [0.2, 0.25) is 0 Å². The van der Waals surface area contributed by atoms with E-state index in [1.807, 2.05) is 0 Å². The molecule has 0 atom stereocenters. The molecule has 1 aromatic carbocycles. The smallest absolute Gasteiger partial charge is 0.424 e. The predicted molar refractivity (Wildman–Crippen MR) is 101 cm³/mol. The maximum Gasteiger partial charge on any atom is 0.492 e. The lowest BCUT2D eigenvalue weighted by Crippen LogP contribution is -2.68. The van der Waals surface area contributed by atoms with Crippen LogP contribution < -0.4 is 14.8 Å². The Hall–Kier alpha value is -2.12. The van der Waals surface area contributed by atoms with Crippen LogP contribution >= 0.6 is 0 Å². The minimum absolute atomic E-state index is 0.0352. The van der Waals surface area contributed by atoms with Gasteiger partial charge < -0.3 is 14.4 Å². The predicted octanol–water partition coefficient (Wildman–Crippen LogP) is 5.35. The molecule has 5 nitrogen and oxygen atoms in total. The van der Waals surface area contributed by atoms with Gasteiger partial charge in [0.15, 0.2) is 11.5 Å².